The molecule has 1 aromatic heterocycles. The molecule has 0 fully saturated rings. The Morgan fingerprint density at radius 3 is 2.50 bits per heavy atom. The van der Waals surface area contributed by atoms with E-state index < -0.39 is 11.9 Å². The van der Waals surface area contributed by atoms with Crippen molar-refractivity contribution in [3.8, 4) is 11.5 Å². The molecule has 0 unspecified atom stereocenters. The molecule has 92 valence electrons. The molecule has 0 amide bonds. The largest absolute Gasteiger partial charge is 0.508 e. The maximum atomic E-state index is 11.7. The van der Waals surface area contributed by atoms with Crippen LogP contribution in [0.4, 0.5) is 0 Å². The van der Waals surface area contributed by atoms with Gasteiger partial charge in [-0.2, -0.15) is 5.10 Å². The number of aromatic amines is 1. The van der Waals surface area contributed by atoms with Gasteiger partial charge in [0.25, 0.3) is 0 Å². The maximum Gasteiger partial charge on any atom is 0.362 e. The number of aromatic nitrogens is 2. The van der Waals surface area contributed by atoms with E-state index >= 15 is 0 Å². The van der Waals surface area contributed by atoms with Crippen molar-refractivity contribution in [1.29, 1.82) is 0 Å². The summed E-state index contributed by atoms with van der Waals surface area (Å²) in [5.41, 5.74) is -0.505. The summed E-state index contributed by atoms with van der Waals surface area (Å²) in [6.07, 6.45) is 1.02. The van der Waals surface area contributed by atoms with Crippen molar-refractivity contribution in [2.75, 3.05) is 0 Å². The monoisotopic (exact) mass is 248 g/mol. The maximum absolute atomic E-state index is 11.7. The molecule has 2 aromatic rings. The zero-order valence-corrected chi connectivity index (χ0v) is 8.95. The predicted octanol–water partition coefficient (Wildman–Crippen LogP) is 1.03. The van der Waals surface area contributed by atoms with E-state index in [2.05, 4.69) is 10.2 Å². The average Bonchev–Trinajstić information content (AvgIpc) is 2.81. The number of carbonyl (C=O) groups is 2. The number of carbonyl (C=O) groups excluding carboxylic acids is 1. The fourth-order valence-corrected chi connectivity index (χ4v) is 1.28. The predicted molar refractivity (Wildman–Crippen MR) is 58.6 cm³/mol. The van der Waals surface area contributed by atoms with Crippen LogP contribution >= 0.6 is 0 Å². The number of H-pyrrole nitrogens is 1. The van der Waals surface area contributed by atoms with Crippen molar-refractivity contribution < 1.29 is 24.5 Å². The summed E-state index contributed by atoms with van der Waals surface area (Å²) in [7, 11) is 0. The van der Waals surface area contributed by atoms with Crippen LogP contribution in [0.3, 0.4) is 0 Å². The Hall–Kier alpha value is -2.83. The smallest absolute Gasteiger partial charge is 0.362 e. The van der Waals surface area contributed by atoms with E-state index in [1.54, 1.807) is 0 Å². The van der Waals surface area contributed by atoms with Crippen molar-refractivity contribution >= 4 is 11.9 Å². The molecule has 0 bridgehead atoms. The number of esters is 1. The highest BCUT2D eigenvalue weighted by Crippen LogP contribution is 2.17. The number of phenols is 1. The molecule has 0 saturated heterocycles. The number of aromatic hydroxyl groups is 1. The summed E-state index contributed by atoms with van der Waals surface area (Å²) >= 11 is 0. The zero-order valence-electron chi connectivity index (χ0n) is 8.95. The number of carboxylic acid groups (broad SMARTS) is 1. The van der Waals surface area contributed by atoms with Crippen LogP contribution in [-0.2, 0) is 0 Å². The summed E-state index contributed by atoms with van der Waals surface area (Å²) in [5, 5.41) is 23.6. The minimum absolute atomic E-state index is 0.0302. The van der Waals surface area contributed by atoms with Gasteiger partial charge in [-0.05, 0) is 24.3 Å². The topological polar surface area (TPSA) is 113 Å². The number of rotatable bonds is 3. The Balaban J connectivity index is 2.19. The third-order valence-corrected chi connectivity index (χ3v) is 2.12. The Morgan fingerprint density at radius 1 is 1.22 bits per heavy atom. The molecule has 0 spiro atoms. The first-order chi connectivity index (χ1) is 8.58. The summed E-state index contributed by atoms with van der Waals surface area (Å²) in [5.74, 6) is -1.93. The van der Waals surface area contributed by atoms with Crippen LogP contribution in [0.15, 0.2) is 30.5 Å². The molecule has 0 atom stereocenters. The third-order valence-electron chi connectivity index (χ3n) is 2.12. The summed E-state index contributed by atoms with van der Waals surface area (Å²) in [6, 6.07) is 5.44. The molecular weight excluding hydrogens is 240 g/mol. The van der Waals surface area contributed by atoms with Gasteiger partial charge >= 0.3 is 11.9 Å². The van der Waals surface area contributed by atoms with Crippen LogP contribution in [0.25, 0.3) is 0 Å². The van der Waals surface area contributed by atoms with Gasteiger partial charge in [0.05, 0.1) is 6.20 Å². The Labute approximate surface area is 101 Å². The lowest BCUT2D eigenvalue weighted by Crippen LogP contribution is -2.13. The molecule has 1 aromatic carbocycles. The van der Waals surface area contributed by atoms with E-state index in [0.717, 1.165) is 6.20 Å². The fraction of sp³-hybridized carbons (Fsp3) is 0. The average molecular weight is 248 g/mol. The number of nitrogens with zero attached hydrogens (tertiary/aromatic N) is 1. The first kappa shape index (κ1) is 11.6. The van der Waals surface area contributed by atoms with Crippen LogP contribution in [-0.4, -0.2) is 32.3 Å². The number of carboxylic acids is 1. The molecular formula is C11H8N2O5. The number of hydrogen-bond acceptors (Lipinski definition) is 5. The van der Waals surface area contributed by atoms with Gasteiger partial charge in [-0.15, -0.1) is 0 Å². The van der Waals surface area contributed by atoms with Crippen molar-refractivity contribution in [3.63, 3.8) is 0 Å². The second-order valence-electron chi connectivity index (χ2n) is 3.35. The molecule has 2 rings (SSSR count). The normalized spacial score (nSPS) is 10.0. The van der Waals surface area contributed by atoms with Gasteiger partial charge in [0.1, 0.15) is 17.1 Å². The highest BCUT2D eigenvalue weighted by Gasteiger charge is 2.20. The van der Waals surface area contributed by atoms with Crippen LogP contribution in [0.5, 0.6) is 11.5 Å². The van der Waals surface area contributed by atoms with Gasteiger partial charge in [0, 0.05) is 0 Å². The van der Waals surface area contributed by atoms with Gasteiger partial charge in [-0.25, -0.2) is 9.59 Å². The molecule has 1 heterocycles. The molecule has 18 heavy (non-hydrogen) atoms. The van der Waals surface area contributed by atoms with Crippen molar-refractivity contribution in [3.05, 3.63) is 41.7 Å². The molecule has 7 nitrogen and oxygen atoms in total. The number of nitrogens with one attached hydrogen (secondary N) is 1. The van der Waals surface area contributed by atoms with Gasteiger partial charge in [-0.3, -0.25) is 5.10 Å². The van der Waals surface area contributed by atoms with Crippen molar-refractivity contribution in [2.24, 2.45) is 0 Å². The third kappa shape index (κ3) is 2.29. The first-order valence-corrected chi connectivity index (χ1v) is 4.86. The number of phenolic OH excluding ortho intramolecular Hbond substituents is 1. The van der Waals surface area contributed by atoms with E-state index in [0.29, 0.717) is 0 Å². The quantitative estimate of drug-likeness (QED) is 0.552. The highest BCUT2D eigenvalue weighted by atomic mass is 16.5. The first-order valence-electron chi connectivity index (χ1n) is 4.86. The number of aromatic carboxylic acids is 1. The van der Waals surface area contributed by atoms with Gasteiger partial charge in [-0.1, -0.05) is 0 Å². The fourth-order valence-electron chi connectivity index (χ4n) is 1.28. The van der Waals surface area contributed by atoms with Crippen LogP contribution in [0.2, 0.25) is 0 Å². The molecule has 0 aliphatic rings. The Morgan fingerprint density at radius 2 is 1.89 bits per heavy atom. The zero-order chi connectivity index (χ0) is 13.1. The lowest BCUT2D eigenvalue weighted by atomic mass is 10.2. The van der Waals surface area contributed by atoms with E-state index in [1.165, 1.54) is 24.3 Å². The van der Waals surface area contributed by atoms with Gasteiger partial charge in [0.15, 0.2) is 5.69 Å². The van der Waals surface area contributed by atoms with E-state index in [9.17, 15) is 9.59 Å². The molecule has 3 N–H and O–H groups in total. The second-order valence-corrected chi connectivity index (χ2v) is 3.35. The second kappa shape index (κ2) is 4.58. The van der Waals surface area contributed by atoms with Gasteiger partial charge < -0.3 is 14.9 Å². The molecule has 7 heteroatoms. The Kier molecular flexibility index (Phi) is 2.96. The minimum atomic E-state index is -1.28. The van der Waals surface area contributed by atoms with E-state index in [1.807, 2.05) is 0 Å². The molecule has 0 saturated carbocycles. The van der Waals surface area contributed by atoms with Crippen LogP contribution < -0.4 is 4.74 Å². The van der Waals surface area contributed by atoms with Crippen LogP contribution in [0, 0.1) is 0 Å². The number of benzene rings is 1. The van der Waals surface area contributed by atoms with Crippen LogP contribution in [0.1, 0.15) is 20.8 Å². The summed E-state index contributed by atoms with van der Waals surface area (Å²) in [6.45, 7) is 0. The number of ether oxygens (including phenoxy) is 1. The minimum Gasteiger partial charge on any atom is -0.508 e. The Bertz CT molecular complexity index is 588. The number of hydrogen-bond donors (Lipinski definition) is 3. The summed E-state index contributed by atoms with van der Waals surface area (Å²) in [4.78, 5) is 22.4. The molecule has 0 aliphatic carbocycles. The molecule has 0 radical (unpaired) electrons. The lowest BCUT2D eigenvalue weighted by Gasteiger charge is -2.03. The standard InChI is InChI=1S/C11H8N2O5/c14-6-1-3-7(4-2-6)18-11(17)9-8(10(15)16)5-12-13-9/h1-5,14H,(H,12,13)(H,15,16). The van der Waals surface area contributed by atoms with E-state index in [-0.39, 0.29) is 22.8 Å². The highest BCUT2D eigenvalue weighted by molar-refractivity contribution is 6.01. The van der Waals surface area contributed by atoms with Gasteiger partial charge in [0.2, 0.25) is 0 Å². The van der Waals surface area contributed by atoms with E-state index in [4.69, 9.17) is 14.9 Å². The summed E-state index contributed by atoms with van der Waals surface area (Å²) < 4.78 is 4.92. The molecule has 0 aliphatic heterocycles. The van der Waals surface area contributed by atoms with Crippen molar-refractivity contribution in [2.45, 2.75) is 0 Å². The van der Waals surface area contributed by atoms with Crippen molar-refractivity contribution in [1.82, 2.24) is 10.2 Å². The SMILES string of the molecule is O=C(O)c1cn[nH]c1C(=O)Oc1ccc(O)cc1. The lowest BCUT2D eigenvalue weighted by molar-refractivity contribution is 0.0666.